The smallest absolute Gasteiger partial charge is 0.254 e. The summed E-state index contributed by atoms with van der Waals surface area (Å²) in [7, 11) is 0. The molecule has 0 N–H and O–H groups in total. The molecule has 138 valence electrons. The molecule has 3 rings (SSSR count). The molecule has 1 aliphatic heterocycles. The minimum absolute atomic E-state index is 0.0243. The highest BCUT2D eigenvalue weighted by Crippen LogP contribution is 2.34. The van der Waals surface area contributed by atoms with Crippen molar-refractivity contribution in [2.75, 3.05) is 26.4 Å². The van der Waals surface area contributed by atoms with Gasteiger partial charge in [0, 0.05) is 24.2 Å². The summed E-state index contributed by atoms with van der Waals surface area (Å²) in [6.07, 6.45) is 0.931. The summed E-state index contributed by atoms with van der Waals surface area (Å²) in [5.41, 5.74) is 1.58. The molecule has 1 heterocycles. The molecule has 0 fully saturated rings. The number of hydrogen-bond acceptors (Lipinski definition) is 4. The van der Waals surface area contributed by atoms with Crippen molar-refractivity contribution >= 4 is 5.91 Å². The molecule has 0 saturated heterocycles. The Morgan fingerprint density at radius 2 is 1.92 bits per heavy atom. The highest BCUT2D eigenvalue weighted by atomic mass is 16.6. The van der Waals surface area contributed by atoms with E-state index in [1.165, 1.54) is 0 Å². The molecule has 0 bridgehead atoms. The lowest BCUT2D eigenvalue weighted by atomic mass is 10.1. The van der Waals surface area contributed by atoms with Gasteiger partial charge in [-0.3, -0.25) is 4.79 Å². The van der Waals surface area contributed by atoms with Crippen molar-refractivity contribution < 1.29 is 19.0 Å². The van der Waals surface area contributed by atoms with Crippen LogP contribution in [0.1, 0.15) is 36.2 Å². The number of carbonyl (C=O) groups is 1. The van der Waals surface area contributed by atoms with Crippen LogP contribution in [-0.4, -0.2) is 37.2 Å². The monoisotopic (exact) mass is 355 g/mol. The van der Waals surface area contributed by atoms with Crippen LogP contribution in [0.4, 0.5) is 0 Å². The van der Waals surface area contributed by atoms with Crippen LogP contribution in [0, 0.1) is 0 Å². The number of rotatable bonds is 7. The Hall–Kier alpha value is -2.69. The number of hydrogen-bond donors (Lipinski definition) is 0. The van der Waals surface area contributed by atoms with Gasteiger partial charge in [-0.15, -0.1) is 0 Å². The van der Waals surface area contributed by atoms with E-state index in [0.29, 0.717) is 38.5 Å². The summed E-state index contributed by atoms with van der Waals surface area (Å²) < 4.78 is 17.0. The molecule has 0 aromatic heterocycles. The van der Waals surface area contributed by atoms with E-state index in [2.05, 4.69) is 6.92 Å². The second kappa shape index (κ2) is 8.61. The zero-order valence-corrected chi connectivity index (χ0v) is 15.4. The molecule has 2 aromatic carbocycles. The summed E-state index contributed by atoms with van der Waals surface area (Å²) in [6, 6.07) is 13.2. The second-order valence-electron chi connectivity index (χ2n) is 6.14. The largest absolute Gasteiger partial charge is 0.494 e. The van der Waals surface area contributed by atoms with Gasteiger partial charge in [-0.25, -0.2) is 0 Å². The van der Waals surface area contributed by atoms with Crippen LogP contribution in [0.5, 0.6) is 17.2 Å². The topological polar surface area (TPSA) is 48.0 Å². The van der Waals surface area contributed by atoms with Crippen LogP contribution in [0.15, 0.2) is 42.5 Å². The molecule has 0 spiro atoms. The quantitative estimate of drug-likeness (QED) is 0.755. The minimum Gasteiger partial charge on any atom is -0.494 e. The fraction of sp³-hybridized carbons (Fsp3) is 0.381. The van der Waals surface area contributed by atoms with E-state index in [9.17, 15) is 4.79 Å². The molecule has 1 amide bonds. The van der Waals surface area contributed by atoms with Crippen molar-refractivity contribution in [1.29, 1.82) is 0 Å². The van der Waals surface area contributed by atoms with Gasteiger partial charge in [0.25, 0.3) is 5.91 Å². The van der Waals surface area contributed by atoms with Crippen LogP contribution in [0.2, 0.25) is 0 Å². The van der Waals surface area contributed by atoms with Crippen LogP contribution < -0.4 is 14.2 Å². The molecule has 1 aliphatic rings. The fourth-order valence-electron chi connectivity index (χ4n) is 2.91. The summed E-state index contributed by atoms with van der Waals surface area (Å²) in [4.78, 5) is 14.8. The highest BCUT2D eigenvalue weighted by molar-refractivity contribution is 5.94. The molecular formula is C21H25NO4. The summed E-state index contributed by atoms with van der Waals surface area (Å²) >= 11 is 0. The van der Waals surface area contributed by atoms with Gasteiger partial charge in [0.1, 0.15) is 19.0 Å². The van der Waals surface area contributed by atoms with Gasteiger partial charge in [0.05, 0.1) is 6.61 Å². The molecule has 0 unspecified atom stereocenters. The van der Waals surface area contributed by atoms with Crippen molar-refractivity contribution in [3.63, 3.8) is 0 Å². The zero-order chi connectivity index (χ0) is 18.4. The maximum atomic E-state index is 13.0. The van der Waals surface area contributed by atoms with Gasteiger partial charge < -0.3 is 19.1 Å². The Labute approximate surface area is 154 Å². The predicted octanol–water partition coefficient (Wildman–Crippen LogP) is 3.91. The van der Waals surface area contributed by atoms with Gasteiger partial charge in [0.15, 0.2) is 11.5 Å². The molecule has 5 heteroatoms. The van der Waals surface area contributed by atoms with Gasteiger partial charge in [-0.1, -0.05) is 25.1 Å². The molecule has 0 saturated carbocycles. The number of amides is 1. The average molecular weight is 355 g/mol. The van der Waals surface area contributed by atoms with Crippen molar-refractivity contribution in [3.05, 3.63) is 53.6 Å². The van der Waals surface area contributed by atoms with Gasteiger partial charge in [0.2, 0.25) is 0 Å². The molecule has 5 nitrogen and oxygen atoms in total. The number of para-hydroxylation sites is 1. The van der Waals surface area contributed by atoms with Crippen LogP contribution >= 0.6 is 0 Å². The Balaban J connectivity index is 1.78. The maximum absolute atomic E-state index is 13.0. The second-order valence-corrected chi connectivity index (χ2v) is 6.14. The zero-order valence-electron chi connectivity index (χ0n) is 15.4. The maximum Gasteiger partial charge on any atom is 0.254 e. The lowest BCUT2D eigenvalue weighted by Gasteiger charge is -2.25. The predicted molar refractivity (Wildman–Crippen MR) is 100 cm³/mol. The number of fused-ring (bicyclic) bond motifs is 1. The van der Waals surface area contributed by atoms with Crippen LogP contribution in [0.25, 0.3) is 0 Å². The standard InChI is InChI=1S/C21H25NO4/c1-3-11-24-18-9-5-7-16(14-18)21(23)22(4-2)15-17-8-6-10-19-20(17)26-13-12-25-19/h5-10,14H,3-4,11-13,15H2,1-2H3. The van der Waals surface area contributed by atoms with E-state index in [0.717, 1.165) is 29.2 Å². The summed E-state index contributed by atoms with van der Waals surface area (Å²) in [5, 5.41) is 0. The summed E-state index contributed by atoms with van der Waals surface area (Å²) in [5.74, 6) is 2.18. The van der Waals surface area contributed by atoms with E-state index in [1.54, 1.807) is 11.0 Å². The van der Waals surface area contributed by atoms with Crippen LogP contribution in [0.3, 0.4) is 0 Å². The SMILES string of the molecule is CCCOc1cccc(C(=O)N(CC)Cc2cccc3c2OCCO3)c1. The first-order chi connectivity index (χ1) is 12.7. The normalized spacial score (nSPS) is 12.5. The van der Waals surface area contributed by atoms with Crippen LogP contribution in [-0.2, 0) is 6.54 Å². The first kappa shape index (κ1) is 18.1. The lowest BCUT2D eigenvalue weighted by Crippen LogP contribution is -2.31. The first-order valence-corrected chi connectivity index (χ1v) is 9.12. The lowest BCUT2D eigenvalue weighted by molar-refractivity contribution is 0.0748. The van der Waals surface area contributed by atoms with Crippen molar-refractivity contribution in [1.82, 2.24) is 4.90 Å². The Bertz CT molecular complexity index is 759. The van der Waals surface area contributed by atoms with E-state index in [1.807, 2.05) is 43.3 Å². The average Bonchev–Trinajstić information content (AvgIpc) is 2.70. The Kier molecular flexibility index (Phi) is 6.00. The Morgan fingerprint density at radius 1 is 1.12 bits per heavy atom. The molecule has 0 radical (unpaired) electrons. The third-order valence-corrected chi connectivity index (χ3v) is 4.23. The minimum atomic E-state index is -0.0243. The van der Waals surface area contributed by atoms with E-state index >= 15 is 0 Å². The first-order valence-electron chi connectivity index (χ1n) is 9.12. The third-order valence-electron chi connectivity index (χ3n) is 4.23. The summed E-state index contributed by atoms with van der Waals surface area (Å²) in [6.45, 7) is 6.83. The highest BCUT2D eigenvalue weighted by Gasteiger charge is 2.20. The van der Waals surface area contributed by atoms with E-state index in [-0.39, 0.29) is 5.91 Å². The number of benzene rings is 2. The third kappa shape index (κ3) is 4.10. The molecule has 0 aliphatic carbocycles. The van der Waals surface area contributed by atoms with Gasteiger partial charge >= 0.3 is 0 Å². The Morgan fingerprint density at radius 3 is 2.73 bits per heavy atom. The van der Waals surface area contributed by atoms with Crippen molar-refractivity contribution in [2.45, 2.75) is 26.8 Å². The van der Waals surface area contributed by atoms with Crippen molar-refractivity contribution in [2.24, 2.45) is 0 Å². The molecular weight excluding hydrogens is 330 g/mol. The number of nitrogens with zero attached hydrogens (tertiary/aromatic N) is 1. The van der Waals surface area contributed by atoms with Gasteiger partial charge in [-0.05, 0) is 37.6 Å². The number of carbonyl (C=O) groups excluding carboxylic acids is 1. The molecule has 2 aromatic rings. The van der Waals surface area contributed by atoms with Crippen molar-refractivity contribution in [3.8, 4) is 17.2 Å². The fourth-order valence-corrected chi connectivity index (χ4v) is 2.91. The van der Waals surface area contributed by atoms with E-state index in [4.69, 9.17) is 14.2 Å². The number of ether oxygens (including phenoxy) is 3. The van der Waals surface area contributed by atoms with Gasteiger partial charge in [-0.2, -0.15) is 0 Å². The molecule has 26 heavy (non-hydrogen) atoms. The van der Waals surface area contributed by atoms with E-state index < -0.39 is 0 Å². The molecule has 0 atom stereocenters.